The van der Waals surface area contributed by atoms with Gasteiger partial charge in [-0.25, -0.2) is 13.2 Å². The first-order valence-corrected chi connectivity index (χ1v) is 11.9. The predicted octanol–water partition coefficient (Wildman–Crippen LogP) is 1.17. The molecule has 3 rings (SSSR count). The summed E-state index contributed by atoms with van der Waals surface area (Å²) in [5.74, 6) is -1.37. The van der Waals surface area contributed by atoms with Gasteiger partial charge in [-0.2, -0.15) is 0 Å². The molecule has 0 spiro atoms. The second kappa shape index (κ2) is 9.46. The van der Waals surface area contributed by atoms with Crippen LogP contribution in [-0.4, -0.2) is 68.0 Å². The fourth-order valence-electron chi connectivity index (χ4n) is 3.59. The molecule has 2 fully saturated rings. The van der Waals surface area contributed by atoms with E-state index in [-0.39, 0.29) is 23.5 Å². The van der Waals surface area contributed by atoms with Crippen LogP contribution < -0.4 is 10.6 Å². The summed E-state index contributed by atoms with van der Waals surface area (Å²) in [5, 5.41) is 5.45. The Kier molecular flexibility index (Phi) is 6.96. The van der Waals surface area contributed by atoms with Crippen molar-refractivity contribution in [2.24, 2.45) is 5.92 Å². The summed E-state index contributed by atoms with van der Waals surface area (Å²) in [5.41, 5.74) is 0.707. The van der Waals surface area contributed by atoms with Gasteiger partial charge >= 0.3 is 12.0 Å². The number of anilines is 1. The van der Waals surface area contributed by atoms with Gasteiger partial charge in [-0.3, -0.25) is 9.59 Å². The lowest BCUT2D eigenvalue weighted by atomic mass is 9.97. The normalized spacial score (nSPS) is 22.2. The molecule has 0 aromatic heterocycles. The maximum Gasteiger partial charge on any atom is 0.321 e. The number of nitrogens with one attached hydrogen (secondary N) is 2. The third kappa shape index (κ3) is 5.94. The van der Waals surface area contributed by atoms with Gasteiger partial charge in [0.25, 0.3) is 5.91 Å². The first-order chi connectivity index (χ1) is 14.2. The van der Waals surface area contributed by atoms with Crippen molar-refractivity contribution in [1.82, 2.24) is 10.2 Å². The molecular weight excluding hydrogens is 410 g/mol. The number of hydrogen-bond acceptors (Lipinski definition) is 6. The number of carbonyl (C=O) groups is 3. The molecular formula is C20H27N3O6S. The Morgan fingerprint density at radius 3 is 2.37 bits per heavy atom. The van der Waals surface area contributed by atoms with Crippen molar-refractivity contribution in [1.29, 1.82) is 0 Å². The van der Waals surface area contributed by atoms with Gasteiger partial charge in [0.15, 0.2) is 15.9 Å². The van der Waals surface area contributed by atoms with Crippen molar-refractivity contribution < 1.29 is 27.5 Å². The molecule has 2 heterocycles. The number of nitrogens with zero attached hydrogens (tertiary/aromatic N) is 1. The number of para-hydroxylation sites is 1. The average Bonchev–Trinajstić information content (AvgIpc) is 3.06. The zero-order chi connectivity index (χ0) is 21.7. The topological polar surface area (TPSA) is 122 Å². The van der Waals surface area contributed by atoms with Gasteiger partial charge in [-0.1, -0.05) is 18.2 Å². The molecule has 1 aromatic carbocycles. The minimum atomic E-state index is -3.10. The highest BCUT2D eigenvalue weighted by atomic mass is 32.2. The maximum absolute atomic E-state index is 12.4. The van der Waals surface area contributed by atoms with Crippen LogP contribution in [0, 0.1) is 5.92 Å². The van der Waals surface area contributed by atoms with Crippen molar-refractivity contribution in [2.75, 3.05) is 29.9 Å². The fraction of sp³-hybridized carbons (Fsp3) is 0.550. The largest absolute Gasteiger partial charge is 0.452 e. The van der Waals surface area contributed by atoms with E-state index in [1.165, 1.54) is 6.92 Å². The molecule has 0 saturated carbocycles. The zero-order valence-electron chi connectivity index (χ0n) is 16.9. The van der Waals surface area contributed by atoms with Gasteiger partial charge in [0.1, 0.15) is 0 Å². The molecule has 2 saturated heterocycles. The van der Waals surface area contributed by atoms with Crippen molar-refractivity contribution in [3.8, 4) is 0 Å². The Hall–Kier alpha value is -2.62. The van der Waals surface area contributed by atoms with Crippen LogP contribution in [0.5, 0.6) is 0 Å². The zero-order valence-corrected chi connectivity index (χ0v) is 17.7. The monoisotopic (exact) mass is 437 g/mol. The standard InChI is InChI=1S/C20H27N3O6S/c1-14(18(24)21-17-9-12-30(27,28)13-17)29-19(25)15-7-10-23(11-8-15)20(26)22-16-5-3-2-4-6-16/h2-6,14-15,17H,7-13H2,1H3,(H,21,24)(H,22,26)/t14-,17-/m1/s1. The molecule has 2 aliphatic rings. The van der Waals surface area contributed by atoms with Crippen molar-refractivity contribution in [3.63, 3.8) is 0 Å². The SMILES string of the molecule is C[C@@H](OC(=O)C1CCN(C(=O)Nc2ccccc2)CC1)C(=O)N[C@@H]1CCS(=O)(=O)C1. The molecule has 164 valence electrons. The van der Waals surface area contributed by atoms with E-state index in [0.717, 1.165) is 0 Å². The van der Waals surface area contributed by atoms with Gasteiger partial charge in [-0.05, 0) is 38.3 Å². The fourth-order valence-corrected chi connectivity index (χ4v) is 5.27. The smallest absolute Gasteiger partial charge is 0.321 e. The average molecular weight is 438 g/mol. The van der Waals surface area contributed by atoms with E-state index < -0.39 is 33.9 Å². The second-order valence-electron chi connectivity index (χ2n) is 7.75. The molecule has 2 atom stereocenters. The van der Waals surface area contributed by atoms with Gasteiger partial charge in [-0.15, -0.1) is 0 Å². The lowest BCUT2D eigenvalue weighted by Crippen LogP contribution is -2.45. The van der Waals surface area contributed by atoms with Crippen molar-refractivity contribution >= 4 is 33.4 Å². The molecule has 9 nitrogen and oxygen atoms in total. The summed E-state index contributed by atoms with van der Waals surface area (Å²) < 4.78 is 28.3. The Morgan fingerprint density at radius 1 is 1.10 bits per heavy atom. The minimum Gasteiger partial charge on any atom is -0.452 e. The number of likely N-dealkylation sites (tertiary alicyclic amines) is 1. The summed E-state index contributed by atoms with van der Waals surface area (Å²) in [7, 11) is -3.10. The van der Waals surface area contributed by atoms with Gasteiger partial charge in [0, 0.05) is 24.8 Å². The number of rotatable bonds is 5. The Morgan fingerprint density at radius 2 is 1.77 bits per heavy atom. The number of carbonyl (C=O) groups excluding carboxylic acids is 3. The van der Waals surface area contributed by atoms with Crippen LogP contribution >= 0.6 is 0 Å². The molecule has 0 radical (unpaired) electrons. The highest BCUT2D eigenvalue weighted by Crippen LogP contribution is 2.20. The summed E-state index contributed by atoms with van der Waals surface area (Å²) in [6.45, 7) is 2.30. The van der Waals surface area contributed by atoms with E-state index in [1.54, 1.807) is 17.0 Å². The molecule has 1 aromatic rings. The lowest BCUT2D eigenvalue weighted by molar-refractivity contribution is -0.160. The number of piperidine rings is 1. The first kappa shape index (κ1) is 22.1. The lowest BCUT2D eigenvalue weighted by Gasteiger charge is -2.31. The summed E-state index contributed by atoms with van der Waals surface area (Å²) in [6.07, 6.45) is 0.283. The Labute approximate surface area is 176 Å². The third-order valence-electron chi connectivity index (χ3n) is 5.38. The van der Waals surface area contributed by atoms with Gasteiger partial charge in [0.05, 0.1) is 17.4 Å². The molecule has 2 aliphatic heterocycles. The first-order valence-electron chi connectivity index (χ1n) is 10.1. The molecule has 30 heavy (non-hydrogen) atoms. The van der Waals surface area contributed by atoms with E-state index in [4.69, 9.17) is 4.74 Å². The van der Waals surface area contributed by atoms with E-state index in [2.05, 4.69) is 10.6 Å². The molecule has 3 amide bonds. The number of benzene rings is 1. The van der Waals surface area contributed by atoms with E-state index >= 15 is 0 Å². The number of ether oxygens (including phenoxy) is 1. The molecule has 0 unspecified atom stereocenters. The minimum absolute atomic E-state index is 0.0581. The van der Waals surface area contributed by atoms with Crippen LogP contribution in [0.3, 0.4) is 0 Å². The molecule has 2 N–H and O–H groups in total. The summed E-state index contributed by atoms with van der Waals surface area (Å²) in [4.78, 5) is 38.6. The van der Waals surface area contributed by atoms with Crippen LogP contribution in [0.4, 0.5) is 10.5 Å². The van der Waals surface area contributed by atoms with Crippen LogP contribution in [-0.2, 0) is 24.2 Å². The second-order valence-corrected chi connectivity index (χ2v) is 9.97. The number of urea groups is 1. The predicted molar refractivity (Wildman–Crippen MR) is 111 cm³/mol. The molecule has 10 heteroatoms. The summed E-state index contributed by atoms with van der Waals surface area (Å²) >= 11 is 0. The third-order valence-corrected chi connectivity index (χ3v) is 7.15. The Balaban J connectivity index is 1.41. The highest BCUT2D eigenvalue weighted by Gasteiger charge is 2.33. The number of esters is 1. The van der Waals surface area contributed by atoms with E-state index in [0.29, 0.717) is 38.0 Å². The number of hydrogen-bond donors (Lipinski definition) is 2. The van der Waals surface area contributed by atoms with Crippen LogP contribution in [0.1, 0.15) is 26.2 Å². The van der Waals surface area contributed by atoms with Crippen LogP contribution in [0.2, 0.25) is 0 Å². The quantitative estimate of drug-likeness (QED) is 0.667. The van der Waals surface area contributed by atoms with Gasteiger partial charge in [0.2, 0.25) is 0 Å². The van der Waals surface area contributed by atoms with E-state index in [9.17, 15) is 22.8 Å². The maximum atomic E-state index is 12.4. The van der Waals surface area contributed by atoms with Crippen molar-refractivity contribution in [2.45, 2.75) is 38.3 Å². The van der Waals surface area contributed by atoms with Crippen LogP contribution in [0.25, 0.3) is 0 Å². The number of amides is 3. The number of sulfone groups is 1. The molecule has 0 bridgehead atoms. The Bertz CT molecular complexity index is 881. The van der Waals surface area contributed by atoms with E-state index in [1.807, 2.05) is 18.2 Å². The van der Waals surface area contributed by atoms with Crippen LogP contribution in [0.15, 0.2) is 30.3 Å². The van der Waals surface area contributed by atoms with Crippen molar-refractivity contribution in [3.05, 3.63) is 30.3 Å². The molecule has 0 aliphatic carbocycles. The highest BCUT2D eigenvalue weighted by molar-refractivity contribution is 7.91. The summed E-state index contributed by atoms with van der Waals surface area (Å²) in [6, 6.07) is 8.48. The van der Waals surface area contributed by atoms with Gasteiger partial charge < -0.3 is 20.3 Å².